The first-order valence-corrected chi connectivity index (χ1v) is 11.9. The lowest BCUT2D eigenvalue weighted by atomic mass is 9.68. The number of halogens is 1. The van der Waals surface area contributed by atoms with Crippen molar-refractivity contribution in [2.75, 3.05) is 11.6 Å². The molecule has 1 aliphatic heterocycles. The number of nitrogens with one attached hydrogen (secondary N) is 2. The molecule has 2 aromatic rings. The van der Waals surface area contributed by atoms with Gasteiger partial charge in [0.05, 0.1) is 5.69 Å². The third-order valence-corrected chi connectivity index (χ3v) is 6.80. The third kappa shape index (κ3) is 4.24. The highest BCUT2D eigenvalue weighted by Crippen LogP contribution is 2.46. The van der Waals surface area contributed by atoms with Crippen LogP contribution in [0.2, 0.25) is 0 Å². The number of thioether (sulfide) groups is 1. The molecule has 0 fully saturated rings. The van der Waals surface area contributed by atoms with Gasteiger partial charge in [-0.25, -0.2) is 4.39 Å². The lowest BCUT2D eigenvalue weighted by molar-refractivity contribution is -0.118. The van der Waals surface area contributed by atoms with Crippen molar-refractivity contribution in [3.63, 3.8) is 0 Å². The van der Waals surface area contributed by atoms with Gasteiger partial charge in [-0.15, -0.1) is 11.8 Å². The molecule has 32 heavy (non-hydrogen) atoms. The number of dihydropyridines is 1. The first kappa shape index (κ1) is 22.3. The number of carbonyl (C=O) groups excluding carboxylic acids is 2. The molecule has 0 bridgehead atoms. The van der Waals surface area contributed by atoms with Gasteiger partial charge in [0.15, 0.2) is 5.78 Å². The fourth-order valence-electron chi connectivity index (χ4n) is 4.62. The molecule has 1 aliphatic carbocycles. The predicted molar refractivity (Wildman–Crippen MR) is 127 cm³/mol. The van der Waals surface area contributed by atoms with Gasteiger partial charge in [0.1, 0.15) is 5.82 Å². The van der Waals surface area contributed by atoms with Gasteiger partial charge in [-0.3, -0.25) is 9.59 Å². The Morgan fingerprint density at radius 1 is 1.12 bits per heavy atom. The molecule has 2 aromatic carbocycles. The molecule has 0 saturated carbocycles. The van der Waals surface area contributed by atoms with E-state index in [0.717, 1.165) is 22.6 Å². The average molecular weight is 451 g/mol. The summed E-state index contributed by atoms with van der Waals surface area (Å²) in [6, 6.07) is 14.0. The first-order chi connectivity index (χ1) is 15.2. The largest absolute Gasteiger partial charge is 0.362 e. The molecule has 0 aromatic heterocycles. The molecule has 0 radical (unpaired) electrons. The van der Waals surface area contributed by atoms with Gasteiger partial charge in [-0.2, -0.15) is 0 Å². The average Bonchev–Trinajstić information content (AvgIpc) is 2.73. The summed E-state index contributed by atoms with van der Waals surface area (Å²) in [5.74, 6) is -1.37. The monoisotopic (exact) mass is 450 g/mol. The van der Waals surface area contributed by atoms with Gasteiger partial charge < -0.3 is 10.6 Å². The van der Waals surface area contributed by atoms with Crippen LogP contribution in [0.15, 0.2) is 76.0 Å². The van der Waals surface area contributed by atoms with Crippen molar-refractivity contribution in [3.05, 3.63) is 82.5 Å². The second-order valence-corrected chi connectivity index (χ2v) is 10.0. The summed E-state index contributed by atoms with van der Waals surface area (Å²) in [6.07, 6.45) is 3.16. The highest BCUT2D eigenvalue weighted by atomic mass is 32.2. The second kappa shape index (κ2) is 8.58. The summed E-state index contributed by atoms with van der Waals surface area (Å²) in [5, 5.41) is 6.05. The van der Waals surface area contributed by atoms with Crippen LogP contribution in [-0.4, -0.2) is 17.9 Å². The van der Waals surface area contributed by atoms with Gasteiger partial charge in [-0.1, -0.05) is 38.1 Å². The Labute approximate surface area is 192 Å². The Hall–Kier alpha value is -2.86. The molecule has 1 amide bonds. The summed E-state index contributed by atoms with van der Waals surface area (Å²) in [4.78, 5) is 27.9. The van der Waals surface area contributed by atoms with Crippen LogP contribution in [0.4, 0.5) is 10.1 Å². The highest BCUT2D eigenvalue weighted by molar-refractivity contribution is 7.98. The molecule has 1 heterocycles. The van der Waals surface area contributed by atoms with Gasteiger partial charge in [-0.05, 0) is 54.8 Å². The fourth-order valence-corrected chi connectivity index (χ4v) is 5.03. The van der Waals surface area contributed by atoms with E-state index in [0.29, 0.717) is 23.3 Å². The fraction of sp³-hybridized carbons (Fsp3) is 0.308. The predicted octanol–water partition coefficient (Wildman–Crippen LogP) is 5.79. The molecule has 0 unspecified atom stereocenters. The van der Waals surface area contributed by atoms with Crippen molar-refractivity contribution in [2.24, 2.45) is 5.41 Å². The minimum atomic E-state index is -0.502. The van der Waals surface area contributed by atoms with Crippen LogP contribution in [0.5, 0.6) is 0 Å². The van der Waals surface area contributed by atoms with E-state index < -0.39 is 17.6 Å². The number of hydrogen-bond donors (Lipinski definition) is 2. The van der Waals surface area contributed by atoms with E-state index in [9.17, 15) is 14.0 Å². The number of Topliss-reactive ketones (excluding diaryl/α,β-unsaturated/α-hetero) is 1. The van der Waals surface area contributed by atoms with Crippen LogP contribution in [0.3, 0.4) is 0 Å². The maximum atomic E-state index is 14.2. The van der Waals surface area contributed by atoms with Gasteiger partial charge in [0.2, 0.25) is 0 Å². The Morgan fingerprint density at radius 3 is 2.47 bits per heavy atom. The molecule has 2 aliphatic rings. The van der Waals surface area contributed by atoms with Crippen LogP contribution >= 0.6 is 11.8 Å². The van der Waals surface area contributed by atoms with E-state index >= 15 is 0 Å². The maximum absolute atomic E-state index is 14.2. The van der Waals surface area contributed by atoms with Crippen molar-refractivity contribution < 1.29 is 14.0 Å². The van der Waals surface area contributed by atoms with E-state index in [1.54, 1.807) is 23.9 Å². The Balaban J connectivity index is 1.81. The molecule has 1 atom stereocenters. The lowest BCUT2D eigenvalue weighted by Crippen LogP contribution is -2.39. The van der Waals surface area contributed by atoms with Gasteiger partial charge in [0, 0.05) is 39.8 Å². The Morgan fingerprint density at radius 2 is 1.81 bits per heavy atom. The van der Waals surface area contributed by atoms with E-state index in [-0.39, 0.29) is 16.9 Å². The number of para-hydroxylation sites is 1. The van der Waals surface area contributed by atoms with Crippen molar-refractivity contribution in [3.8, 4) is 0 Å². The van der Waals surface area contributed by atoms with Crippen LogP contribution in [-0.2, 0) is 9.59 Å². The van der Waals surface area contributed by atoms with Crippen molar-refractivity contribution in [1.82, 2.24) is 5.32 Å². The molecule has 166 valence electrons. The van der Waals surface area contributed by atoms with Gasteiger partial charge >= 0.3 is 0 Å². The Bertz CT molecular complexity index is 1150. The summed E-state index contributed by atoms with van der Waals surface area (Å²) in [6.45, 7) is 6.01. The molecule has 4 rings (SSSR count). The number of allylic oxidation sites excluding steroid dienone is 3. The summed E-state index contributed by atoms with van der Waals surface area (Å²) in [7, 11) is 0. The number of ketones is 1. The van der Waals surface area contributed by atoms with E-state index in [1.807, 2.05) is 37.4 Å². The van der Waals surface area contributed by atoms with E-state index in [4.69, 9.17) is 0 Å². The minimum absolute atomic E-state index is 0.0476. The first-order valence-electron chi connectivity index (χ1n) is 10.6. The zero-order valence-electron chi connectivity index (χ0n) is 18.7. The number of rotatable bonds is 4. The molecule has 0 saturated heterocycles. The maximum Gasteiger partial charge on any atom is 0.254 e. The van der Waals surface area contributed by atoms with Crippen LogP contribution < -0.4 is 10.6 Å². The summed E-state index contributed by atoms with van der Waals surface area (Å²) in [5.41, 5.74) is 3.49. The molecule has 0 spiro atoms. The molecule has 2 N–H and O–H groups in total. The number of carbonyl (C=O) groups is 2. The van der Waals surface area contributed by atoms with Crippen LogP contribution in [0.25, 0.3) is 0 Å². The zero-order valence-corrected chi connectivity index (χ0v) is 19.5. The standard InChI is InChI=1S/C26H27FN2O2S/c1-15-22(25(31)29-19-8-6-5-7-18(19)27)23(16-9-11-17(32-4)12-10-16)24-20(28-15)13-26(2,3)14-21(24)30/h5-12,23,28H,13-14H2,1-4H3,(H,29,31)/t23-/m1/s1. The van der Waals surface area contributed by atoms with Crippen LogP contribution in [0.1, 0.15) is 45.1 Å². The number of amides is 1. The third-order valence-electron chi connectivity index (χ3n) is 6.06. The number of benzene rings is 2. The normalized spacial score (nSPS) is 20.0. The van der Waals surface area contributed by atoms with Crippen molar-refractivity contribution >= 4 is 29.1 Å². The molecular weight excluding hydrogens is 423 g/mol. The minimum Gasteiger partial charge on any atom is -0.362 e. The van der Waals surface area contributed by atoms with Gasteiger partial charge in [0.25, 0.3) is 5.91 Å². The topological polar surface area (TPSA) is 58.2 Å². The number of hydrogen-bond acceptors (Lipinski definition) is 4. The van der Waals surface area contributed by atoms with Crippen molar-refractivity contribution in [2.45, 2.75) is 44.4 Å². The Kier molecular flexibility index (Phi) is 5.99. The SMILES string of the molecule is CSc1ccc([C@@H]2C(C(=O)Nc3ccccc3F)=C(C)NC3=C2C(=O)CC(C)(C)C3)cc1. The smallest absolute Gasteiger partial charge is 0.254 e. The van der Waals surface area contributed by atoms with E-state index in [2.05, 4.69) is 24.5 Å². The molecular formula is C26H27FN2O2S. The van der Waals surface area contributed by atoms with Crippen molar-refractivity contribution in [1.29, 1.82) is 0 Å². The lowest BCUT2D eigenvalue weighted by Gasteiger charge is -2.39. The quantitative estimate of drug-likeness (QED) is 0.579. The zero-order chi connectivity index (χ0) is 23.0. The number of anilines is 1. The van der Waals surface area contributed by atoms with E-state index in [1.165, 1.54) is 12.1 Å². The summed E-state index contributed by atoms with van der Waals surface area (Å²) >= 11 is 1.63. The molecule has 6 heteroatoms. The highest BCUT2D eigenvalue weighted by Gasteiger charge is 2.42. The molecule has 4 nitrogen and oxygen atoms in total. The summed E-state index contributed by atoms with van der Waals surface area (Å²) < 4.78 is 14.2. The van der Waals surface area contributed by atoms with Crippen LogP contribution in [0, 0.1) is 11.2 Å². The second-order valence-electron chi connectivity index (χ2n) is 9.14.